The van der Waals surface area contributed by atoms with Crippen molar-refractivity contribution in [2.75, 3.05) is 5.73 Å². The third-order valence-electron chi connectivity index (χ3n) is 3.89. The Morgan fingerprint density at radius 3 is 2.88 bits per heavy atom. The minimum absolute atomic E-state index is 0.352. The van der Waals surface area contributed by atoms with Crippen LogP contribution >= 0.6 is 0 Å². The molecule has 0 saturated heterocycles. The van der Waals surface area contributed by atoms with E-state index in [0.29, 0.717) is 17.5 Å². The Kier molecular flexibility index (Phi) is 2.21. The van der Waals surface area contributed by atoms with E-state index >= 15 is 0 Å². The highest BCUT2D eigenvalue weighted by molar-refractivity contribution is 5.49. The third-order valence-corrected chi connectivity index (χ3v) is 3.89. The molecule has 2 N–H and O–H groups in total. The zero-order chi connectivity index (χ0) is 12.0. The molecule has 0 aliphatic heterocycles. The molecular formula is C14H16N2O. The van der Waals surface area contributed by atoms with Gasteiger partial charge < -0.3 is 10.3 Å². The largest absolute Gasteiger partial charge is 0.395 e. The molecule has 1 heterocycles. The molecule has 3 rings (SSSR count). The van der Waals surface area contributed by atoms with Crippen molar-refractivity contribution in [3.05, 3.63) is 46.8 Å². The second-order valence-corrected chi connectivity index (χ2v) is 4.90. The highest BCUT2D eigenvalue weighted by atomic mass is 16.5. The van der Waals surface area contributed by atoms with Gasteiger partial charge in [-0.15, -0.1) is 0 Å². The summed E-state index contributed by atoms with van der Waals surface area (Å²) in [7, 11) is 0. The van der Waals surface area contributed by atoms with Crippen LogP contribution in [0.25, 0.3) is 0 Å². The average molecular weight is 228 g/mol. The number of nitrogen functional groups attached to an aromatic ring is 1. The summed E-state index contributed by atoms with van der Waals surface area (Å²) in [4.78, 5) is 0. The van der Waals surface area contributed by atoms with Crippen molar-refractivity contribution >= 4 is 5.69 Å². The van der Waals surface area contributed by atoms with Gasteiger partial charge in [-0.25, -0.2) is 0 Å². The van der Waals surface area contributed by atoms with E-state index in [-0.39, 0.29) is 0 Å². The number of anilines is 1. The maximum atomic E-state index is 5.90. The van der Waals surface area contributed by atoms with Crippen molar-refractivity contribution in [3.63, 3.8) is 0 Å². The van der Waals surface area contributed by atoms with Crippen LogP contribution in [0.15, 0.2) is 29.0 Å². The normalized spacial score (nSPS) is 22.7. The van der Waals surface area contributed by atoms with Gasteiger partial charge in [-0.2, -0.15) is 0 Å². The van der Waals surface area contributed by atoms with Gasteiger partial charge in [0.2, 0.25) is 0 Å². The molecule has 1 aliphatic rings. The van der Waals surface area contributed by atoms with Crippen LogP contribution in [0.3, 0.4) is 0 Å². The third kappa shape index (κ3) is 1.46. The number of benzene rings is 1. The van der Waals surface area contributed by atoms with Gasteiger partial charge in [-0.1, -0.05) is 30.3 Å². The molecule has 88 valence electrons. The summed E-state index contributed by atoms with van der Waals surface area (Å²) in [6, 6.07) is 6.49. The molecule has 2 unspecified atom stereocenters. The lowest BCUT2D eigenvalue weighted by molar-refractivity contribution is 0.401. The summed E-state index contributed by atoms with van der Waals surface area (Å²) in [5.74, 6) is 0.809. The summed E-state index contributed by atoms with van der Waals surface area (Å²) in [6.45, 7) is 4.42. The Balaban J connectivity index is 2.05. The molecule has 17 heavy (non-hydrogen) atoms. The number of nitrogens with zero attached hydrogens (tertiary/aromatic N) is 1. The van der Waals surface area contributed by atoms with Gasteiger partial charge in [0.05, 0.1) is 5.69 Å². The number of hydrogen-bond donors (Lipinski definition) is 1. The van der Waals surface area contributed by atoms with Gasteiger partial charge in [-0.05, 0) is 36.0 Å². The van der Waals surface area contributed by atoms with Gasteiger partial charge >= 0.3 is 0 Å². The van der Waals surface area contributed by atoms with Crippen LogP contribution in [-0.4, -0.2) is 5.16 Å². The Morgan fingerprint density at radius 2 is 2.24 bits per heavy atom. The molecule has 3 heteroatoms. The van der Waals surface area contributed by atoms with Crippen molar-refractivity contribution in [2.45, 2.75) is 32.1 Å². The second kappa shape index (κ2) is 3.62. The van der Waals surface area contributed by atoms with Crippen LogP contribution < -0.4 is 5.73 Å². The van der Waals surface area contributed by atoms with Crippen LogP contribution in [0.5, 0.6) is 0 Å². The van der Waals surface area contributed by atoms with Crippen LogP contribution in [-0.2, 0) is 6.42 Å². The van der Waals surface area contributed by atoms with E-state index < -0.39 is 0 Å². The molecule has 1 aliphatic carbocycles. The van der Waals surface area contributed by atoms with Crippen LogP contribution in [0.1, 0.15) is 41.1 Å². The lowest BCUT2D eigenvalue weighted by Gasteiger charge is -2.14. The number of hydrogen-bond acceptors (Lipinski definition) is 3. The van der Waals surface area contributed by atoms with E-state index in [4.69, 9.17) is 10.3 Å². The SMILES string of the molecule is Cc1cccc2c1C(C)C(c1nocc1N)C2. The first-order chi connectivity index (χ1) is 8.18. The minimum Gasteiger partial charge on any atom is -0.395 e. The first kappa shape index (κ1) is 10.4. The summed E-state index contributed by atoms with van der Waals surface area (Å²) < 4.78 is 4.96. The average Bonchev–Trinajstić information content (AvgIpc) is 2.84. The molecule has 2 aromatic rings. The molecule has 0 saturated carbocycles. The first-order valence-corrected chi connectivity index (χ1v) is 5.96. The smallest absolute Gasteiger partial charge is 0.147 e. The Morgan fingerprint density at radius 1 is 1.41 bits per heavy atom. The van der Waals surface area contributed by atoms with Gasteiger partial charge in [0, 0.05) is 5.92 Å². The number of nitrogens with two attached hydrogens (primary N) is 1. The fraction of sp³-hybridized carbons (Fsp3) is 0.357. The molecular weight excluding hydrogens is 212 g/mol. The number of aromatic nitrogens is 1. The van der Waals surface area contributed by atoms with Crippen molar-refractivity contribution in [1.82, 2.24) is 5.16 Å². The van der Waals surface area contributed by atoms with Gasteiger partial charge in [0.15, 0.2) is 0 Å². The molecule has 1 aromatic heterocycles. The fourth-order valence-corrected chi connectivity index (χ4v) is 3.05. The Bertz CT molecular complexity index is 559. The number of aryl methyl sites for hydroxylation is 1. The lowest BCUT2D eigenvalue weighted by Crippen LogP contribution is -2.06. The summed E-state index contributed by atoms with van der Waals surface area (Å²) in [6.07, 6.45) is 2.53. The van der Waals surface area contributed by atoms with Crippen molar-refractivity contribution < 1.29 is 4.52 Å². The van der Waals surface area contributed by atoms with Crippen LogP contribution in [0.2, 0.25) is 0 Å². The van der Waals surface area contributed by atoms with Gasteiger partial charge in [-0.3, -0.25) is 0 Å². The molecule has 0 amide bonds. The first-order valence-electron chi connectivity index (χ1n) is 5.96. The van der Waals surface area contributed by atoms with Crippen molar-refractivity contribution in [3.8, 4) is 0 Å². The Labute approximate surface area is 101 Å². The fourth-order valence-electron chi connectivity index (χ4n) is 3.05. The molecule has 0 fully saturated rings. The minimum atomic E-state index is 0.352. The van der Waals surface area contributed by atoms with E-state index in [1.807, 2.05) is 0 Å². The van der Waals surface area contributed by atoms with E-state index in [1.165, 1.54) is 23.0 Å². The molecule has 0 bridgehead atoms. The quantitative estimate of drug-likeness (QED) is 0.816. The number of rotatable bonds is 1. The molecule has 0 spiro atoms. The Hall–Kier alpha value is -1.77. The monoisotopic (exact) mass is 228 g/mol. The van der Waals surface area contributed by atoms with E-state index in [9.17, 15) is 0 Å². The molecule has 3 nitrogen and oxygen atoms in total. The van der Waals surface area contributed by atoms with Crippen LogP contribution in [0.4, 0.5) is 5.69 Å². The summed E-state index contributed by atoms with van der Waals surface area (Å²) in [5.41, 5.74) is 11.7. The highest BCUT2D eigenvalue weighted by Gasteiger charge is 2.34. The van der Waals surface area contributed by atoms with Crippen molar-refractivity contribution in [1.29, 1.82) is 0 Å². The maximum Gasteiger partial charge on any atom is 0.147 e. The summed E-state index contributed by atoms with van der Waals surface area (Å²) in [5, 5.41) is 4.06. The summed E-state index contributed by atoms with van der Waals surface area (Å²) >= 11 is 0. The molecule has 1 aromatic carbocycles. The van der Waals surface area contributed by atoms with E-state index in [0.717, 1.165) is 12.1 Å². The maximum absolute atomic E-state index is 5.90. The van der Waals surface area contributed by atoms with E-state index in [2.05, 4.69) is 37.2 Å². The topological polar surface area (TPSA) is 52.0 Å². The van der Waals surface area contributed by atoms with E-state index in [1.54, 1.807) is 0 Å². The van der Waals surface area contributed by atoms with Gasteiger partial charge in [0.25, 0.3) is 0 Å². The molecule has 2 atom stereocenters. The van der Waals surface area contributed by atoms with Crippen LogP contribution in [0, 0.1) is 6.92 Å². The predicted octanol–water partition coefficient (Wildman–Crippen LogP) is 3.01. The van der Waals surface area contributed by atoms with Crippen molar-refractivity contribution in [2.24, 2.45) is 0 Å². The van der Waals surface area contributed by atoms with Gasteiger partial charge in [0.1, 0.15) is 12.0 Å². The standard InChI is InChI=1S/C14H16N2O/c1-8-4-3-5-10-6-11(9(2)13(8)10)14-12(15)7-17-16-14/h3-5,7,9,11H,6,15H2,1-2H3. The highest BCUT2D eigenvalue weighted by Crippen LogP contribution is 2.45. The zero-order valence-electron chi connectivity index (χ0n) is 10.1. The lowest BCUT2D eigenvalue weighted by atomic mass is 9.89. The zero-order valence-corrected chi connectivity index (χ0v) is 10.1. The number of fused-ring (bicyclic) bond motifs is 1. The molecule has 0 radical (unpaired) electrons. The second-order valence-electron chi connectivity index (χ2n) is 4.90. The predicted molar refractivity (Wildman–Crippen MR) is 67.0 cm³/mol.